The van der Waals surface area contributed by atoms with Gasteiger partial charge in [0.1, 0.15) is 5.82 Å². The summed E-state index contributed by atoms with van der Waals surface area (Å²) in [5, 5.41) is 0.00114. The summed E-state index contributed by atoms with van der Waals surface area (Å²) in [5.41, 5.74) is 0.464. The normalized spacial score (nSPS) is 17.2. The molecule has 92 valence electrons. The number of carbonyl (C=O) groups is 1. The van der Waals surface area contributed by atoms with Crippen molar-refractivity contribution in [2.45, 2.75) is 19.8 Å². The minimum atomic E-state index is -0.490. The Morgan fingerprint density at radius 2 is 2.06 bits per heavy atom. The second-order valence-corrected chi connectivity index (χ2v) is 5.01. The Bertz CT molecular complexity index is 427. The molecule has 0 aliphatic carbocycles. The summed E-state index contributed by atoms with van der Waals surface area (Å²) < 4.78 is 13.0. The van der Waals surface area contributed by atoms with Crippen LogP contribution in [0.2, 0.25) is 5.02 Å². The molecule has 0 spiro atoms. The summed E-state index contributed by atoms with van der Waals surface area (Å²) in [6, 6.07) is 4.13. The van der Waals surface area contributed by atoms with Gasteiger partial charge in [0.2, 0.25) is 0 Å². The number of hydrogen-bond donors (Lipinski definition) is 0. The van der Waals surface area contributed by atoms with Crippen molar-refractivity contribution in [2.24, 2.45) is 5.92 Å². The minimum absolute atomic E-state index is 0.00114. The number of rotatable bonds is 1. The smallest absolute Gasteiger partial charge is 0.253 e. The lowest BCUT2D eigenvalue weighted by Crippen LogP contribution is -2.37. The molecular formula is C13H15ClFNO. The van der Waals surface area contributed by atoms with Crippen LogP contribution in [0.25, 0.3) is 0 Å². The first kappa shape index (κ1) is 12.4. The van der Waals surface area contributed by atoms with Crippen molar-refractivity contribution in [2.75, 3.05) is 13.1 Å². The Labute approximate surface area is 105 Å². The van der Waals surface area contributed by atoms with Crippen molar-refractivity contribution in [1.82, 2.24) is 4.90 Å². The zero-order valence-electron chi connectivity index (χ0n) is 9.75. The van der Waals surface area contributed by atoms with Gasteiger partial charge in [-0.1, -0.05) is 18.5 Å². The molecule has 0 aromatic heterocycles. The number of benzene rings is 1. The third-order valence-electron chi connectivity index (χ3n) is 3.24. The van der Waals surface area contributed by atoms with Gasteiger partial charge in [0.15, 0.2) is 0 Å². The fourth-order valence-corrected chi connectivity index (χ4v) is 2.20. The van der Waals surface area contributed by atoms with Gasteiger partial charge in [0, 0.05) is 18.7 Å². The Morgan fingerprint density at radius 1 is 1.41 bits per heavy atom. The zero-order valence-corrected chi connectivity index (χ0v) is 10.5. The van der Waals surface area contributed by atoms with Crippen molar-refractivity contribution in [3.05, 3.63) is 34.6 Å². The number of likely N-dealkylation sites (tertiary alicyclic amines) is 1. The van der Waals surface area contributed by atoms with Crippen molar-refractivity contribution in [1.29, 1.82) is 0 Å². The minimum Gasteiger partial charge on any atom is -0.339 e. The van der Waals surface area contributed by atoms with E-state index in [4.69, 9.17) is 11.6 Å². The summed E-state index contributed by atoms with van der Waals surface area (Å²) in [6.07, 6.45) is 2.06. The maximum absolute atomic E-state index is 13.0. The molecule has 1 heterocycles. The highest BCUT2D eigenvalue weighted by atomic mass is 35.5. The van der Waals surface area contributed by atoms with E-state index in [9.17, 15) is 9.18 Å². The zero-order chi connectivity index (χ0) is 12.4. The predicted octanol–water partition coefficient (Wildman–Crippen LogP) is 3.35. The molecule has 0 bridgehead atoms. The first-order chi connectivity index (χ1) is 8.08. The molecule has 1 aromatic carbocycles. The molecule has 1 aromatic rings. The van der Waals surface area contributed by atoms with E-state index < -0.39 is 5.82 Å². The summed E-state index contributed by atoms with van der Waals surface area (Å²) >= 11 is 5.67. The molecule has 2 nitrogen and oxygen atoms in total. The van der Waals surface area contributed by atoms with Crippen LogP contribution in [0.5, 0.6) is 0 Å². The lowest BCUT2D eigenvalue weighted by atomic mass is 9.98. The standard InChI is InChI=1S/C13H15ClFNO/c1-9-4-6-16(7-5-9)13(17)10-2-3-12(15)11(14)8-10/h2-3,8-9H,4-7H2,1H3. The van der Waals surface area contributed by atoms with Crippen molar-refractivity contribution in [3.8, 4) is 0 Å². The molecule has 0 saturated carbocycles. The fraction of sp³-hybridized carbons (Fsp3) is 0.462. The van der Waals surface area contributed by atoms with Crippen molar-refractivity contribution < 1.29 is 9.18 Å². The van der Waals surface area contributed by atoms with E-state index in [1.807, 2.05) is 4.90 Å². The average molecular weight is 256 g/mol. The molecule has 17 heavy (non-hydrogen) atoms. The first-order valence-corrected chi connectivity index (χ1v) is 6.20. The molecule has 1 saturated heterocycles. The lowest BCUT2D eigenvalue weighted by Gasteiger charge is -2.30. The van der Waals surface area contributed by atoms with Crippen LogP contribution in [0.1, 0.15) is 30.1 Å². The summed E-state index contributed by atoms with van der Waals surface area (Å²) in [7, 11) is 0. The van der Waals surface area contributed by atoms with Gasteiger partial charge in [0.05, 0.1) is 5.02 Å². The van der Waals surface area contributed by atoms with Gasteiger partial charge in [-0.15, -0.1) is 0 Å². The van der Waals surface area contributed by atoms with E-state index in [1.54, 1.807) is 0 Å². The topological polar surface area (TPSA) is 20.3 Å². The molecular weight excluding hydrogens is 241 g/mol. The molecule has 1 amide bonds. The highest BCUT2D eigenvalue weighted by Gasteiger charge is 2.21. The van der Waals surface area contributed by atoms with Gasteiger partial charge in [-0.3, -0.25) is 4.79 Å². The van der Waals surface area contributed by atoms with E-state index in [2.05, 4.69) is 6.92 Å². The second kappa shape index (κ2) is 5.05. The van der Waals surface area contributed by atoms with E-state index in [0.717, 1.165) is 25.9 Å². The van der Waals surface area contributed by atoms with Crippen LogP contribution in [-0.2, 0) is 0 Å². The number of carbonyl (C=O) groups excluding carboxylic acids is 1. The number of amides is 1. The molecule has 1 fully saturated rings. The Balaban J connectivity index is 2.11. The number of nitrogens with zero attached hydrogens (tertiary/aromatic N) is 1. The molecule has 0 radical (unpaired) electrons. The van der Waals surface area contributed by atoms with Crippen molar-refractivity contribution in [3.63, 3.8) is 0 Å². The molecule has 0 unspecified atom stereocenters. The van der Waals surface area contributed by atoms with Crippen molar-refractivity contribution >= 4 is 17.5 Å². The van der Waals surface area contributed by atoms with Crippen LogP contribution in [0, 0.1) is 11.7 Å². The van der Waals surface area contributed by atoms with Crippen LogP contribution in [0.4, 0.5) is 4.39 Å². The number of piperidine rings is 1. The predicted molar refractivity (Wildman–Crippen MR) is 65.7 cm³/mol. The number of halogens is 2. The highest BCUT2D eigenvalue weighted by Crippen LogP contribution is 2.21. The first-order valence-electron chi connectivity index (χ1n) is 5.82. The van der Waals surface area contributed by atoms with E-state index in [0.29, 0.717) is 11.5 Å². The Morgan fingerprint density at radius 3 is 2.65 bits per heavy atom. The van der Waals surface area contributed by atoms with Gasteiger partial charge in [-0.05, 0) is 37.0 Å². The number of hydrogen-bond acceptors (Lipinski definition) is 1. The molecule has 1 aliphatic heterocycles. The molecule has 0 atom stereocenters. The van der Waals surface area contributed by atoms with Gasteiger partial charge < -0.3 is 4.90 Å². The lowest BCUT2D eigenvalue weighted by molar-refractivity contribution is 0.0697. The fourth-order valence-electron chi connectivity index (χ4n) is 2.02. The summed E-state index contributed by atoms with van der Waals surface area (Å²) in [5.74, 6) is 0.130. The highest BCUT2D eigenvalue weighted by molar-refractivity contribution is 6.31. The maximum atomic E-state index is 13.0. The van der Waals surface area contributed by atoms with E-state index >= 15 is 0 Å². The van der Waals surface area contributed by atoms with Gasteiger partial charge in [-0.25, -0.2) is 4.39 Å². The maximum Gasteiger partial charge on any atom is 0.253 e. The molecule has 0 N–H and O–H groups in total. The third kappa shape index (κ3) is 2.78. The van der Waals surface area contributed by atoms with E-state index in [-0.39, 0.29) is 10.9 Å². The molecule has 1 aliphatic rings. The van der Waals surface area contributed by atoms with Gasteiger partial charge in [-0.2, -0.15) is 0 Å². The third-order valence-corrected chi connectivity index (χ3v) is 3.53. The SMILES string of the molecule is CC1CCN(C(=O)c2ccc(F)c(Cl)c2)CC1. The van der Waals surface area contributed by atoms with Crippen LogP contribution in [-0.4, -0.2) is 23.9 Å². The van der Waals surface area contributed by atoms with Crippen LogP contribution < -0.4 is 0 Å². The van der Waals surface area contributed by atoms with Crippen LogP contribution >= 0.6 is 11.6 Å². The van der Waals surface area contributed by atoms with Crippen LogP contribution in [0.15, 0.2) is 18.2 Å². The van der Waals surface area contributed by atoms with Gasteiger partial charge in [0.25, 0.3) is 5.91 Å². The molecule has 4 heteroatoms. The average Bonchev–Trinajstić information content (AvgIpc) is 2.33. The Kier molecular flexibility index (Phi) is 3.67. The summed E-state index contributed by atoms with van der Waals surface area (Å²) in [6.45, 7) is 3.74. The van der Waals surface area contributed by atoms with Crippen LogP contribution in [0.3, 0.4) is 0 Å². The monoisotopic (exact) mass is 255 g/mol. The second-order valence-electron chi connectivity index (χ2n) is 4.60. The van der Waals surface area contributed by atoms with E-state index in [1.165, 1.54) is 18.2 Å². The van der Waals surface area contributed by atoms with Gasteiger partial charge >= 0.3 is 0 Å². The quantitative estimate of drug-likeness (QED) is 0.754. The Hall–Kier alpha value is -1.09. The summed E-state index contributed by atoms with van der Waals surface area (Å²) in [4.78, 5) is 13.9. The molecule has 2 rings (SSSR count). The largest absolute Gasteiger partial charge is 0.339 e.